The number of nitrogens with one attached hydrogen (secondary N) is 1. The first-order valence-electron chi connectivity index (χ1n) is 4.84. The van der Waals surface area contributed by atoms with Crippen molar-refractivity contribution < 1.29 is 0 Å². The Morgan fingerprint density at radius 1 is 1.50 bits per heavy atom. The zero-order valence-corrected chi connectivity index (χ0v) is 11.6. The molecule has 0 saturated heterocycles. The molecule has 3 heteroatoms. The van der Waals surface area contributed by atoms with Crippen LogP contribution in [-0.4, -0.2) is 13.1 Å². The number of halogens is 1. The van der Waals surface area contributed by atoms with Gasteiger partial charge in [-0.05, 0) is 46.3 Å². The Balaban J connectivity index is 2.71. The van der Waals surface area contributed by atoms with Gasteiger partial charge in [-0.1, -0.05) is 20.8 Å². The quantitative estimate of drug-likeness (QED) is 0.888. The van der Waals surface area contributed by atoms with Gasteiger partial charge in [0.1, 0.15) is 0 Å². The van der Waals surface area contributed by atoms with Crippen LogP contribution in [-0.2, 0) is 6.42 Å². The number of hydrogen-bond acceptors (Lipinski definition) is 2. The molecule has 1 N–H and O–H groups in total. The summed E-state index contributed by atoms with van der Waals surface area (Å²) in [5.74, 6) is 0. The molecule has 0 aliphatic carbocycles. The molecule has 0 spiro atoms. The number of hydrogen-bond donors (Lipinski definition) is 1. The van der Waals surface area contributed by atoms with E-state index in [9.17, 15) is 0 Å². The average molecular weight is 276 g/mol. The van der Waals surface area contributed by atoms with E-state index in [-0.39, 0.29) is 0 Å². The molecule has 0 fully saturated rings. The summed E-state index contributed by atoms with van der Waals surface area (Å²) in [6.07, 6.45) is 1.10. The van der Waals surface area contributed by atoms with Crippen LogP contribution in [0, 0.1) is 5.41 Å². The molecule has 0 bridgehead atoms. The number of thiophene rings is 1. The summed E-state index contributed by atoms with van der Waals surface area (Å²) in [7, 11) is 2.04. The van der Waals surface area contributed by atoms with Crippen molar-refractivity contribution in [2.24, 2.45) is 5.41 Å². The third-order valence-electron chi connectivity index (χ3n) is 2.47. The molecule has 1 unspecified atom stereocenters. The van der Waals surface area contributed by atoms with E-state index < -0.39 is 0 Å². The van der Waals surface area contributed by atoms with Gasteiger partial charge >= 0.3 is 0 Å². The van der Waals surface area contributed by atoms with Gasteiger partial charge in [-0.25, -0.2) is 0 Å². The van der Waals surface area contributed by atoms with Gasteiger partial charge < -0.3 is 5.32 Å². The van der Waals surface area contributed by atoms with Crippen LogP contribution in [0.1, 0.15) is 25.6 Å². The van der Waals surface area contributed by atoms with Gasteiger partial charge in [0.25, 0.3) is 0 Å². The highest BCUT2D eigenvalue weighted by Crippen LogP contribution is 2.28. The molecule has 0 aliphatic heterocycles. The zero-order valence-electron chi connectivity index (χ0n) is 9.23. The van der Waals surface area contributed by atoms with Crippen LogP contribution in [0.4, 0.5) is 0 Å². The van der Waals surface area contributed by atoms with E-state index in [1.54, 1.807) is 0 Å². The van der Waals surface area contributed by atoms with E-state index >= 15 is 0 Å². The summed E-state index contributed by atoms with van der Waals surface area (Å²) in [5.41, 5.74) is 0.304. The highest BCUT2D eigenvalue weighted by Gasteiger charge is 2.24. The minimum absolute atomic E-state index is 0.304. The Hall–Kier alpha value is 0.140. The second-order valence-electron chi connectivity index (χ2n) is 4.60. The topological polar surface area (TPSA) is 12.0 Å². The molecular weight excluding hydrogens is 258 g/mol. The molecule has 0 aromatic carbocycles. The van der Waals surface area contributed by atoms with Crippen molar-refractivity contribution in [2.75, 3.05) is 7.05 Å². The Morgan fingerprint density at radius 3 is 2.50 bits per heavy atom. The molecule has 1 atom stereocenters. The van der Waals surface area contributed by atoms with Gasteiger partial charge in [-0.2, -0.15) is 0 Å². The van der Waals surface area contributed by atoms with Gasteiger partial charge in [0.15, 0.2) is 0 Å². The molecule has 1 aromatic rings. The van der Waals surface area contributed by atoms with Crippen LogP contribution in [0.25, 0.3) is 0 Å². The highest BCUT2D eigenvalue weighted by molar-refractivity contribution is 9.10. The third kappa shape index (κ3) is 3.07. The van der Waals surface area contributed by atoms with E-state index in [0.717, 1.165) is 6.42 Å². The van der Waals surface area contributed by atoms with Crippen LogP contribution < -0.4 is 5.32 Å². The van der Waals surface area contributed by atoms with Gasteiger partial charge in [-0.3, -0.25) is 0 Å². The van der Waals surface area contributed by atoms with E-state index in [4.69, 9.17) is 0 Å². The summed E-state index contributed by atoms with van der Waals surface area (Å²) in [6.45, 7) is 6.82. The summed E-state index contributed by atoms with van der Waals surface area (Å²) < 4.78 is 1.24. The first-order valence-corrected chi connectivity index (χ1v) is 6.51. The van der Waals surface area contributed by atoms with E-state index in [1.807, 2.05) is 18.4 Å². The number of rotatable bonds is 3. The number of likely N-dealkylation sites (N-methyl/N-ethyl adjacent to an activating group) is 1. The van der Waals surface area contributed by atoms with Crippen molar-refractivity contribution in [3.8, 4) is 0 Å². The van der Waals surface area contributed by atoms with Gasteiger partial charge in [0, 0.05) is 15.4 Å². The minimum atomic E-state index is 0.304. The van der Waals surface area contributed by atoms with E-state index in [2.05, 4.69) is 53.5 Å². The Kier molecular flexibility index (Phi) is 4.16. The smallest absolute Gasteiger partial charge is 0.0314 e. The fraction of sp³-hybridized carbons (Fsp3) is 0.636. The van der Waals surface area contributed by atoms with Gasteiger partial charge in [0.2, 0.25) is 0 Å². The maximum atomic E-state index is 3.57. The van der Waals surface area contributed by atoms with E-state index in [0.29, 0.717) is 11.5 Å². The van der Waals surface area contributed by atoms with Crippen molar-refractivity contribution in [2.45, 2.75) is 33.2 Å². The maximum absolute atomic E-state index is 3.57. The van der Waals surface area contributed by atoms with Crippen molar-refractivity contribution >= 4 is 27.3 Å². The molecule has 0 aliphatic rings. The minimum Gasteiger partial charge on any atom is -0.316 e. The molecule has 1 aromatic heterocycles. The van der Waals surface area contributed by atoms with Crippen molar-refractivity contribution in [3.63, 3.8) is 0 Å². The Bertz CT molecular complexity index is 288. The van der Waals surface area contributed by atoms with Crippen molar-refractivity contribution in [1.29, 1.82) is 0 Å². The second-order valence-corrected chi connectivity index (χ2v) is 6.46. The summed E-state index contributed by atoms with van der Waals surface area (Å²) in [6, 6.07) is 2.65. The fourth-order valence-corrected chi connectivity index (χ4v) is 3.06. The monoisotopic (exact) mass is 275 g/mol. The Morgan fingerprint density at radius 2 is 2.14 bits per heavy atom. The van der Waals surface area contributed by atoms with Crippen molar-refractivity contribution in [1.82, 2.24) is 5.32 Å². The van der Waals surface area contributed by atoms with Gasteiger partial charge in [-0.15, -0.1) is 11.3 Å². The van der Waals surface area contributed by atoms with E-state index in [1.165, 1.54) is 9.35 Å². The van der Waals surface area contributed by atoms with Crippen molar-refractivity contribution in [3.05, 3.63) is 20.8 Å². The summed E-state index contributed by atoms with van der Waals surface area (Å²) in [4.78, 5) is 1.43. The maximum Gasteiger partial charge on any atom is 0.0314 e. The lowest BCUT2D eigenvalue weighted by Crippen LogP contribution is -2.39. The molecule has 1 nitrogen and oxygen atoms in total. The Labute approximate surface area is 99.0 Å². The average Bonchev–Trinajstić information content (AvgIpc) is 2.45. The van der Waals surface area contributed by atoms with Crippen LogP contribution in [0.3, 0.4) is 0 Å². The zero-order chi connectivity index (χ0) is 10.8. The molecule has 1 heterocycles. The first-order chi connectivity index (χ1) is 6.45. The van der Waals surface area contributed by atoms with Gasteiger partial charge in [0.05, 0.1) is 0 Å². The normalized spacial score (nSPS) is 14.4. The highest BCUT2D eigenvalue weighted by atomic mass is 79.9. The molecule has 0 radical (unpaired) electrons. The molecular formula is C11H18BrNS. The lowest BCUT2D eigenvalue weighted by molar-refractivity contribution is 0.281. The third-order valence-corrected chi connectivity index (χ3v) is 4.42. The lowest BCUT2D eigenvalue weighted by atomic mass is 9.84. The standard InChI is InChI=1S/C11H18BrNS/c1-11(2,3)10(13-4)7-9-8(12)5-6-14-9/h5-6,10,13H,7H2,1-4H3. The molecule has 0 saturated carbocycles. The first kappa shape index (κ1) is 12.2. The summed E-state index contributed by atoms with van der Waals surface area (Å²) in [5, 5.41) is 5.53. The summed E-state index contributed by atoms with van der Waals surface area (Å²) >= 11 is 5.40. The molecule has 80 valence electrons. The predicted molar refractivity (Wildman–Crippen MR) is 68.0 cm³/mol. The van der Waals surface area contributed by atoms with Crippen LogP contribution in [0.15, 0.2) is 15.9 Å². The van der Waals surface area contributed by atoms with Crippen LogP contribution >= 0.6 is 27.3 Å². The molecule has 14 heavy (non-hydrogen) atoms. The second kappa shape index (κ2) is 4.77. The fourth-order valence-electron chi connectivity index (χ4n) is 1.50. The predicted octanol–water partition coefficient (Wildman–Crippen LogP) is 3.69. The molecule has 0 amide bonds. The van der Waals surface area contributed by atoms with Crippen LogP contribution in [0.5, 0.6) is 0 Å². The largest absolute Gasteiger partial charge is 0.316 e. The van der Waals surface area contributed by atoms with Crippen LogP contribution in [0.2, 0.25) is 0 Å². The molecule has 1 rings (SSSR count). The lowest BCUT2D eigenvalue weighted by Gasteiger charge is -2.30. The SMILES string of the molecule is CNC(Cc1sccc1Br)C(C)(C)C.